The van der Waals surface area contributed by atoms with Gasteiger partial charge >= 0.3 is 0 Å². The fourth-order valence-corrected chi connectivity index (χ4v) is 2.92. The van der Waals surface area contributed by atoms with E-state index >= 15 is 0 Å². The molecule has 1 aliphatic rings. The second kappa shape index (κ2) is 5.54. The predicted octanol–water partition coefficient (Wildman–Crippen LogP) is 4.01. The van der Waals surface area contributed by atoms with Gasteiger partial charge in [-0.05, 0) is 37.6 Å². The summed E-state index contributed by atoms with van der Waals surface area (Å²) < 4.78 is 14.2. The summed E-state index contributed by atoms with van der Waals surface area (Å²) in [4.78, 5) is 2.38. The Balaban J connectivity index is 2.04. The van der Waals surface area contributed by atoms with E-state index in [1.54, 1.807) is 12.1 Å². The lowest BCUT2D eigenvalue weighted by atomic mass is 9.97. The molecule has 0 amide bonds. The molecule has 0 bridgehead atoms. The van der Waals surface area contributed by atoms with Crippen molar-refractivity contribution in [3.8, 4) is 0 Å². The maximum atomic E-state index is 14.2. The van der Waals surface area contributed by atoms with Gasteiger partial charge in [-0.15, -0.1) is 0 Å². The number of nitrogens with zero attached hydrogens (tertiary/aromatic N) is 1. The molecule has 1 nitrogen and oxygen atoms in total. The van der Waals surface area contributed by atoms with Crippen molar-refractivity contribution in [2.75, 3.05) is 13.1 Å². The first-order valence-electron chi connectivity index (χ1n) is 6.90. The second-order valence-corrected chi connectivity index (χ2v) is 5.08. The standard InChI is InChI=1S/C17H18FN/c18-16-11-5-4-10-15(16)17(19-12-6-7-13-19)14-8-2-1-3-9-14/h1-5,8-11,17H,6-7,12-13H2. The van der Waals surface area contributed by atoms with E-state index in [0.717, 1.165) is 18.7 Å². The molecular formula is C17H18FN. The van der Waals surface area contributed by atoms with Crippen molar-refractivity contribution in [3.63, 3.8) is 0 Å². The monoisotopic (exact) mass is 255 g/mol. The summed E-state index contributed by atoms with van der Waals surface area (Å²) in [5, 5.41) is 0. The Morgan fingerprint density at radius 3 is 2.16 bits per heavy atom. The normalized spacial score (nSPS) is 17.5. The molecule has 1 heterocycles. The van der Waals surface area contributed by atoms with Gasteiger partial charge in [0.2, 0.25) is 0 Å². The van der Waals surface area contributed by atoms with Gasteiger partial charge in [0.1, 0.15) is 5.82 Å². The number of benzene rings is 2. The van der Waals surface area contributed by atoms with Gasteiger partial charge in [-0.3, -0.25) is 4.90 Å². The Labute approximate surface area is 113 Å². The summed E-state index contributed by atoms with van der Waals surface area (Å²) in [6, 6.07) is 17.4. The maximum absolute atomic E-state index is 14.2. The molecule has 0 saturated carbocycles. The summed E-state index contributed by atoms with van der Waals surface area (Å²) in [7, 11) is 0. The molecule has 0 spiro atoms. The minimum atomic E-state index is -0.108. The van der Waals surface area contributed by atoms with Gasteiger partial charge in [0.25, 0.3) is 0 Å². The molecule has 2 aromatic rings. The van der Waals surface area contributed by atoms with Gasteiger partial charge in [0, 0.05) is 5.56 Å². The Morgan fingerprint density at radius 2 is 1.47 bits per heavy atom. The molecule has 0 aliphatic carbocycles. The minimum Gasteiger partial charge on any atom is -0.292 e. The van der Waals surface area contributed by atoms with E-state index in [2.05, 4.69) is 17.0 Å². The fraction of sp³-hybridized carbons (Fsp3) is 0.294. The Kier molecular flexibility index (Phi) is 3.60. The summed E-state index contributed by atoms with van der Waals surface area (Å²) in [6.07, 6.45) is 2.41. The lowest BCUT2D eigenvalue weighted by Crippen LogP contribution is -2.27. The zero-order chi connectivity index (χ0) is 13.1. The zero-order valence-electron chi connectivity index (χ0n) is 10.9. The number of rotatable bonds is 3. The van der Waals surface area contributed by atoms with Crippen molar-refractivity contribution in [2.45, 2.75) is 18.9 Å². The van der Waals surface area contributed by atoms with Gasteiger partial charge in [-0.25, -0.2) is 4.39 Å². The van der Waals surface area contributed by atoms with Crippen molar-refractivity contribution in [3.05, 3.63) is 71.5 Å². The molecular weight excluding hydrogens is 237 g/mol. The average Bonchev–Trinajstić information content (AvgIpc) is 2.96. The van der Waals surface area contributed by atoms with Crippen LogP contribution in [-0.4, -0.2) is 18.0 Å². The van der Waals surface area contributed by atoms with Crippen LogP contribution in [0, 0.1) is 5.82 Å². The molecule has 1 aliphatic heterocycles. The first kappa shape index (κ1) is 12.4. The van der Waals surface area contributed by atoms with Crippen LogP contribution >= 0.6 is 0 Å². The summed E-state index contributed by atoms with van der Waals surface area (Å²) in [5.74, 6) is -0.108. The molecule has 0 aromatic heterocycles. The Hall–Kier alpha value is -1.67. The number of likely N-dealkylation sites (tertiary alicyclic amines) is 1. The topological polar surface area (TPSA) is 3.24 Å². The van der Waals surface area contributed by atoms with Gasteiger partial charge in [0.15, 0.2) is 0 Å². The molecule has 2 heteroatoms. The van der Waals surface area contributed by atoms with Crippen LogP contribution in [0.1, 0.15) is 30.0 Å². The largest absolute Gasteiger partial charge is 0.292 e. The third-order valence-electron chi connectivity index (χ3n) is 3.82. The molecule has 0 N–H and O–H groups in total. The maximum Gasteiger partial charge on any atom is 0.128 e. The van der Waals surface area contributed by atoms with Crippen LogP contribution in [0.15, 0.2) is 54.6 Å². The molecule has 19 heavy (non-hydrogen) atoms. The van der Waals surface area contributed by atoms with Crippen LogP contribution in [0.25, 0.3) is 0 Å². The molecule has 1 saturated heterocycles. The third kappa shape index (κ3) is 2.54. The lowest BCUT2D eigenvalue weighted by molar-refractivity contribution is 0.275. The molecule has 1 atom stereocenters. The first-order chi connectivity index (χ1) is 9.36. The van der Waals surface area contributed by atoms with Crippen LogP contribution in [-0.2, 0) is 0 Å². The van der Waals surface area contributed by atoms with E-state index in [4.69, 9.17) is 0 Å². The van der Waals surface area contributed by atoms with E-state index in [-0.39, 0.29) is 11.9 Å². The van der Waals surface area contributed by atoms with Crippen molar-refractivity contribution in [2.24, 2.45) is 0 Å². The highest BCUT2D eigenvalue weighted by molar-refractivity contribution is 5.33. The van der Waals surface area contributed by atoms with Crippen molar-refractivity contribution < 1.29 is 4.39 Å². The SMILES string of the molecule is Fc1ccccc1C(c1ccccc1)N1CCCC1. The molecule has 1 fully saturated rings. The average molecular weight is 255 g/mol. The highest BCUT2D eigenvalue weighted by Crippen LogP contribution is 2.32. The molecule has 2 aromatic carbocycles. The minimum absolute atomic E-state index is 0.0462. The van der Waals surface area contributed by atoms with Crippen molar-refractivity contribution >= 4 is 0 Å². The fourth-order valence-electron chi connectivity index (χ4n) is 2.92. The van der Waals surface area contributed by atoms with E-state index in [1.165, 1.54) is 18.4 Å². The first-order valence-corrected chi connectivity index (χ1v) is 6.90. The Bertz CT molecular complexity index is 532. The van der Waals surface area contributed by atoms with Gasteiger partial charge in [-0.1, -0.05) is 48.5 Å². The van der Waals surface area contributed by atoms with Crippen LogP contribution in [0.4, 0.5) is 4.39 Å². The van der Waals surface area contributed by atoms with E-state index < -0.39 is 0 Å². The van der Waals surface area contributed by atoms with Crippen LogP contribution < -0.4 is 0 Å². The summed E-state index contributed by atoms with van der Waals surface area (Å²) in [5.41, 5.74) is 1.96. The van der Waals surface area contributed by atoms with Crippen LogP contribution in [0.5, 0.6) is 0 Å². The molecule has 1 unspecified atom stereocenters. The number of halogens is 1. The second-order valence-electron chi connectivity index (χ2n) is 5.08. The molecule has 0 radical (unpaired) electrons. The van der Waals surface area contributed by atoms with E-state index in [0.29, 0.717) is 0 Å². The molecule has 98 valence electrons. The van der Waals surface area contributed by atoms with Crippen molar-refractivity contribution in [1.29, 1.82) is 0 Å². The highest BCUT2D eigenvalue weighted by atomic mass is 19.1. The zero-order valence-corrected chi connectivity index (χ0v) is 10.9. The summed E-state index contributed by atoms with van der Waals surface area (Å²) in [6.45, 7) is 2.10. The van der Waals surface area contributed by atoms with Gasteiger partial charge < -0.3 is 0 Å². The van der Waals surface area contributed by atoms with Gasteiger partial charge in [0.05, 0.1) is 6.04 Å². The highest BCUT2D eigenvalue weighted by Gasteiger charge is 2.26. The molecule has 3 rings (SSSR count). The summed E-state index contributed by atoms with van der Waals surface area (Å²) >= 11 is 0. The van der Waals surface area contributed by atoms with E-state index in [9.17, 15) is 4.39 Å². The lowest BCUT2D eigenvalue weighted by Gasteiger charge is -2.28. The van der Waals surface area contributed by atoms with Gasteiger partial charge in [-0.2, -0.15) is 0 Å². The van der Waals surface area contributed by atoms with Crippen molar-refractivity contribution in [1.82, 2.24) is 4.90 Å². The smallest absolute Gasteiger partial charge is 0.128 e. The Morgan fingerprint density at radius 1 is 0.842 bits per heavy atom. The van der Waals surface area contributed by atoms with Crippen LogP contribution in [0.3, 0.4) is 0 Å². The van der Waals surface area contributed by atoms with E-state index in [1.807, 2.05) is 30.3 Å². The van der Waals surface area contributed by atoms with Crippen LogP contribution in [0.2, 0.25) is 0 Å². The number of hydrogen-bond donors (Lipinski definition) is 0. The third-order valence-corrected chi connectivity index (χ3v) is 3.82. The predicted molar refractivity (Wildman–Crippen MR) is 75.5 cm³/mol. The quantitative estimate of drug-likeness (QED) is 0.801. The number of hydrogen-bond acceptors (Lipinski definition) is 1.